The van der Waals surface area contributed by atoms with Crippen molar-refractivity contribution in [1.29, 1.82) is 0 Å². The van der Waals surface area contributed by atoms with Gasteiger partial charge in [-0.1, -0.05) is 18.2 Å². The summed E-state index contributed by atoms with van der Waals surface area (Å²) in [7, 11) is 0. The van der Waals surface area contributed by atoms with Crippen LogP contribution in [0.2, 0.25) is 0 Å². The second-order valence-corrected chi connectivity index (χ2v) is 5.12. The molecule has 1 unspecified atom stereocenters. The molecule has 4 heteroatoms. The van der Waals surface area contributed by atoms with Gasteiger partial charge in [0.25, 0.3) is 5.91 Å². The second-order valence-electron chi connectivity index (χ2n) is 4.04. The lowest BCUT2D eigenvalue weighted by Crippen LogP contribution is -2.32. The van der Waals surface area contributed by atoms with Crippen molar-refractivity contribution in [2.24, 2.45) is 0 Å². The van der Waals surface area contributed by atoms with Crippen molar-refractivity contribution in [3.63, 3.8) is 0 Å². The molecule has 0 aliphatic heterocycles. The third-order valence-corrected chi connectivity index (χ3v) is 3.70. The number of thiophene rings is 1. The summed E-state index contributed by atoms with van der Waals surface area (Å²) in [6.45, 7) is 1.98. The molecule has 1 heterocycles. The minimum atomic E-state index is -0.0628. The van der Waals surface area contributed by atoms with Gasteiger partial charge >= 0.3 is 0 Å². The first-order chi connectivity index (χ1) is 8.20. The van der Waals surface area contributed by atoms with Gasteiger partial charge in [0.15, 0.2) is 0 Å². The Morgan fingerprint density at radius 1 is 1.47 bits per heavy atom. The van der Waals surface area contributed by atoms with Crippen molar-refractivity contribution in [2.45, 2.75) is 19.4 Å². The van der Waals surface area contributed by atoms with Crippen LogP contribution >= 0.6 is 11.3 Å². The zero-order chi connectivity index (χ0) is 12.3. The zero-order valence-electron chi connectivity index (χ0n) is 9.64. The number of aliphatic hydroxyl groups is 1. The van der Waals surface area contributed by atoms with Crippen LogP contribution in [-0.4, -0.2) is 23.7 Å². The lowest BCUT2D eigenvalue weighted by Gasteiger charge is -2.10. The number of fused-ring (bicyclic) bond motifs is 1. The fourth-order valence-corrected chi connectivity index (χ4v) is 2.62. The van der Waals surface area contributed by atoms with Crippen molar-refractivity contribution in [2.75, 3.05) is 6.61 Å². The predicted molar refractivity (Wildman–Crippen MR) is 70.5 cm³/mol. The Hall–Kier alpha value is -1.39. The fourth-order valence-electron chi connectivity index (χ4n) is 1.65. The number of hydrogen-bond donors (Lipinski definition) is 2. The van der Waals surface area contributed by atoms with Gasteiger partial charge in [0.2, 0.25) is 0 Å². The van der Waals surface area contributed by atoms with Crippen molar-refractivity contribution in [3.8, 4) is 0 Å². The van der Waals surface area contributed by atoms with E-state index in [2.05, 4.69) is 5.32 Å². The Morgan fingerprint density at radius 3 is 2.94 bits per heavy atom. The molecule has 17 heavy (non-hydrogen) atoms. The maximum atomic E-state index is 11.9. The van der Waals surface area contributed by atoms with Crippen molar-refractivity contribution >= 4 is 27.3 Å². The molecule has 0 spiro atoms. The van der Waals surface area contributed by atoms with Crippen LogP contribution in [0, 0.1) is 0 Å². The van der Waals surface area contributed by atoms with Crippen LogP contribution in [-0.2, 0) is 0 Å². The maximum Gasteiger partial charge on any atom is 0.261 e. The summed E-state index contributed by atoms with van der Waals surface area (Å²) in [4.78, 5) is 12.6. The first kappa shape index (κ1) is 12.1. The summed E-state index contributed by atoms with van der Waals surface area (Å²) >= 11 is 1.49. The van der Waals surface area contributed by atoms with Gasteiger partial charge in [-0.15, -0.1) is 11.3 Å². The van der Waals surface area contributed by atoms with E-state index in [0.29, 0.717) is 6.42 Å². The third-order valence-electron chi connectivity index (χ3n) is 2.59. The average Bonchev–Trinajstić information content (AvgIpc) is 2.72. The third kappa shape index (κ3) is 2.84. The highest BCUT2D eigenvalue weighted by atomic mass is 32.1. The monoisotopic (exact) mass is 249 g/mol. The van der Waals surface area contributed by atoms with Gasteiger partial charge in [-0.3, -0.25) is 4.79 Å². The van der Waals surface area contributed by atoms with Crippen molar-refractivity contribution in [1.82, 2.24) is 5.32 Å². The predicted octanol–water partition coefficient (Wildman–Crippen LogP) is 2.40. The summed E-state index contributed by atoms with van der Waals surface area (Å²) in [6.07, 6.45) is 0.580. The van der Waals surface area contributed by atoms with Crippen LogP contribution in [0.1, 0.15) is 23.0 Å². The van der Waals surface area contributed by atoms with Gasteiger partial charge in [-0.2, -0.15) is 0 Å². The van der Waals surface area contributed by atoms with E-state index in [1.807, 2.05) is 37.3 Å². The zero-order valence-corrected chi connectivity index (χ0v) is 10.5. The molecule has 0 saturated heterocycles. The van der Waals surface area contributed by atoms with Gasteiger partial charge < -0.3 is 10.4 Å². The van der Waals surface area contributed by atoms with E-state index in [9.17, 15) is 4.79 Å². The van der Waals surface area contributed by atoms with Crippen molar-refractivity contribution < 1.29 is 9.90 Å². The Labute approximate surface area is 104 Å². The van der Waals surface area contributed by atoms with Gasteiger partial charge in [-0.25, -0.2) is 0 Å². The number of rotatable bonds is 4. The van der Waals surface area contributed by atoms with Crippen LogP contribution in [0.25, 0.3) is 10.1 Å². The Morgan fingerprint density at radius 2 is 2.24 bits per heavy atom. The lowest BCUT2D eigenvalue weighted by atomic mass is 10.2. The summed E-state index contributed by atoms with van der Waals surface area (Å²) in [6, 6.07) is 9.84. The molecule has 2 N–H and O–H groups in total. The number of carbonyl (C=O) groups is 1. The molecule has 1 amide bonds. The Kier molecular flexibility index (Phi) is 3.76. The van der Waals surface area contributed by atoms with Crippen molar-refractivity contribution in [3.05, 3.63) is 35.2 Å². The molecular weight excluding hydrogens is 234 g/mol. The molecule has 1 atom stereocenters. The molecule has 2 aromatic rings. The van der Waals surface area contributed by atoms with E-state index in [-0.39, 0.29) is 18.6 Å². The summed E-state index contributed by atoms with van der Waals surface area (Å²) < 4.78 is 1.12. The van der Waals surface area contributed by atoms with Crippen LogP contribution in [0.3, 0.4) is 0 Å². The first-order valence-electron chi connectivity index (χ1n) is 5.61. The molecular formula is C13H15NO2S. The number of benzene rings is 1. The van der Waals surface area contributed by atoms with E-state index in [1.165, 1.54) is 11.3 Å². The minimum absolute atomic E-state index is 0.00212. The first-order valence-corrected chi connectivity index (χ1v) is 6.42. The molecule has 0 aliphatic carbocycles. The standard InChI is InChI=1S/C13H15NO2S/c1-9(6-7-15)14-13(16)12-8-10-4-2-3-5-11(10)17-12/h2-5,8-9,15H,6-7H2,1H3,(H,14,16). The molecule has 0 bridgehead atoms. The molecule has 90 valence electrons. The molecule has 0 fully saturated rings. The highest BCUT2D eigenvalue weighted by molar-refractivity contribution is 7.20. The van der Waals surface area contributed by atoms with E-state index in [1.54, 1.807) is 0 Å². The summed E-state index contributed by atoms with van der Waals surface area (Å²) in [5.74, 6) is -0.0628. The van der Waals surface area contributed by atoms with Crippen LogP contribution in [0.5, 0.6) is 0 Å². The maximum absolute atomic E-state index is 11.9. The number of nitrogens with one attached hydrogen (secondary N) is 1. The minimum Gasteiger partial charge on any atom is -0.396 e. The van der Waals surface area contributed by atoms with Crippen LogP contribution in [0.15, 0.2) is 30.3 Å². The smallest absolute Gasteiger partial charge is 0.261 e. The SMILES string of the molecule is CC(CCO)NC(=O)c1cc2ccccc2s1. The number of amides is 1. The molecule has 0 radical (unpaired) electrons. The van der Waals surface area contributed by atoms with Crippen LogP contribution in [0.4, 0.5) is 0 Å². The van der Waals surface area contributed by atoms with Gasteiger partial charge in [0.05, 0.1) is 4.88 Å². The average molecular weight is 249 g/mol. The summed E-state index contributed by atoms with van der Waals surface area (Å²) in [5, 5.41) is 12.8. The number of hydrogen-bond acceptors (Lipinski definition) is 3. The van der Waals surface area contributed by atoms with E-state index < -0.39 is 0 Å². The molecule has 0 aliphatic rings. The molecule has 1 aromatic carbocycles. The topological polar surface area (TPSA) is 49.3 Å². The van der Waals surface area contributed by atoms with Crippen LogP contribution < -0.4 is 5.32 Å². The highest BCUT2D eigenvalue weighted by Gasteiger charge is 2.12. The van der Waals surface area contributed by atoms with E-state index in [0.717, 1.165) is 15.0 Å². The Bertz CT molecular complexity index is 488. The van der Waals surface area contributed by atoms with E-state index in [4.69, 9.17) is 5.11 Å². The lowest BCUT2D eigenvalue weighted by molar-refractivity contribution is 0.0938. The van der Waals surface area contributed by atoms with Gasteiger partial charge in [-0.05, 0) is 30.9 Å². The molecule has 0 saturated carbocycles. The quantitative estimate of drug-likeness (QED) is 0.874. The van der Waals surface area contributed by atoms with Gasteiger partial charge in [0.1, 0.15) is 0 Å². The normalized spacial score (nSPS) is 12.6. The summed E-state index contributed by atoms with van der Waals surface area (Å²) in [5.41, 5.74) is 0. The number of aliphatic hydroxyl groups excluding tert-OH is 1. The van der Waals surface area contributed by atoms with E-state index >= 15 is 0 Å². The molecule has 2 rings (SSSR count). The second kappa shape index (κ2) is 5.29. The van der Waals surface area contributed by atoms with Gasteiger partial charge in [0, 0.05) is 17.3 Å². The largest absolute Gasteiger partial charge is 0.396 e. The number of carbonyl (C=O) groups excluding carboxylic acids is 1. The Balaban J connectivity index is 2.13. The molecule has 1 aromatic heterocycles. The molecule has 3 nitrogen and oxygen atoms in total. The fraction of sp³-hybridized carbons (Fsp3) is 0.308. The highest BCUT2D eigenvalue weighted by Crippen LogP contribution is 2.25.